The Balaban J connectivity index is 1.49. The van der Waals surface area contributed by atoms with Gasteiger partial charge >= 0.3 is 0 Å². The summed E-state index contributed by atoms with van der Waals surface area (Å²) in [6.45, 7) is 4.07. The maximum Gasteiger partial charge on any atom is 0.225 e. The third-order valence-corrected chi connectivity index (χ3v) is 5.21. The van der Waals surface area contributed by atoms with E-state index < -0.39 is 0 Å². The predicted molar refractivity (Wildman–Crippen MR) is 93.3 cm³/mol. The molecule has 1 aromatic carbocycles. The first kappa shape index (κ1) is 17.0. The highest BCUT2D eigenvalue weighted by Crippen LogP contribution is 2.28. The first-order valence-corrected chi connectivity index (χ1v) is 8.88. The van der Waals surface area contributed by atoms with Crippen LogP contribution >= 0.6 is 0 Å². The van der Waals surface area contributed by atoms with Gasteiger partial charge in [0, 0.05) is 32.1 Å². The Hall–Kier alpha value is -1.88. The van der Waals surface area contributed by atoms with Gasteiger partial charge in [0.15, 0.2) is 0 Å². The van der Waals surface area contributed by atoms with Crippen LogP contribution in [-0.2, 0) is 9.59 Å². The summed E-state index contributed by atoms with van der Waals surface area (Å²) >= 11 is 0. The Morgan fingerprint density at radius 2 is 2.04 bits per heavy atom. The molecule has 1 heterocycles. The van der Waals surface area contributed by atoms with Crippen molar-refractivity contribution in [3.05, 3.63) is 35.9 Å². The number of benzene rings is 1. The van der Waals surface area contributed by atoms with Gasteiger partial charge in [0.1, 0.15) is 0 Å². The monoisotopic (exact) mass is 329 g/mol. The zero-order valence-electron chi connectivity index (χ0n) is 14.6. The first-order valence-electron chi connectivity index (χ1n) is 8.88. The van der Waals surface area contributed by atoms with E-state index in [4.69, 9.17) is 0 Å². The summed E-state index contributed by atoms with van der Waals surface area (Å²) in [7, 11) is 2.10. The zero-order valence-corrected chi connectivity index (χ0v) is 14.6. The molecular weight excluding hydrogens is 302 g/mol. The van der Waals surface area contributed by atoms with Gasteiger partial charge in [-0.25, -0.2) is 0 Å². The van der Waals surface area contributed by atoms with E-state index in [0.29, 0.717) is 25.6 Å². The van der Waals surface area contributed by atoms with Crippen molar-refractivity contribution in [2.75, 3.05) is 26.7 Å². The largest absolute Gasteiger partial charge is 0.355 e. The van der Waals surface area contributed by atoms with Crippen LogP contribution in [-0.4, -0.2) is 54.3 Å². The molecular formula is C19H27N3O2. The number of nitrogens with zero attached hydrogens (tertiary/aromatic N) is 2. The number of amides is 2. The molecule has 1 aromatic rings. The van der Waals surface area contributed by atoms with Crippen LogP contribution in [0, 0.1) is 5.92 Å². The number of nitrogens with one attached hydrogen (secondary N) is 1. The highest BCUT2D eigenvalue weighted by Gasteiger charge is 2.36. The van der Waals surface area contributed by atoms with E-state index >= 15 is 0 Å². The van der Waals surface area contributed by atoms with E-state index in [1.165, 1.54) is 12.8 Å². The van der Waals surface area contributed by atoms with Crippen LogP contribution in [0.15, 0.2) is 30.3 Å². The van der Waals surface area contributed by atoms with Crippen LogP contribution in [0.5, 0.6) is 0 Å². The van der Waals surface area contributed by atoms with Gasteiger partial charge in [0.05, 0.1) is 12.0 Å². The molecule has 24 heavy (non-hydrogen) atoms. The van der Waals surface area contributed by atoms with Crippen molar-refractivity contribution in [3.63, 3.8) is 0 Å². The van der Waals surface area contributed by atoms with Crippen molar-refractivity contribution in [1.82, 2.24) is 15.1 Å². The number of hydrogen-bond donors (Lipinski definition) is 1. The van der Waals surface area contributed by atoms with Crippen molar-refractivity contribution in [3.8, 4) is 0 Å². The van der Waals surface area contributed by atoms with Gasteiger partial charge in [-0.1, -0.05) is 30.3 Å². The van der Waals surface area contributed by atoms with Crippen LogP contribution in [0.25, 0.3) is 0 Å². The molecule has 5 nitrogen and oxygen atoms in total. The maximum atomic E-state index is 12.4. The van der Waals surface area contributed by atoms with Crippen LogP contribution in [0.3, 0.4) is 0 Å². The standard InChI is InChI=1S/C19H27N3O2/c1-14(15-6-4-3-5-7-15)22-13-16(12-18(22)23)19(24)20-10-11-21(2)17-8-9-17/h3-7,14,16-17H,8-13H2,1-2H3,(H,20,24)/t14-,16+/m1/s1. The summed E-state index contributed by atoms with van der Waals surface area (Å²) in [4.78, 5) is 28.8. The molecule has 1 saturated heterocycles. The summed E-state index contributed by atoms with van der Waals surface area (Å²) in [5.41, 5.74) is 1.11. The minimum atomic E-state index is -0.227. The van der Waals surface area contributed by atoms with Gasteiger partial charge in [-0.3, -0.25) is 9.59 Å². The SMILES string of the molecule is C[C@H](c1ccccc1)N1C[C@@H](C(=O)NCCN(C)C2CC2)CC1=O. The van der Waals surface area contributed by atoms with Crippen molar-refractivity contribution in [2.45, 2.75) is 38.3 Å². The predicted octanol–water partition coefficient (Wildman–Crippen LogP) is 1.81. The van der Waals surface area contributed by atoms with Crippen molar-refractivity contribution in [2.24, 2.45) is 5.92 Å². The highest BCUT2D eigenvalue weighted by atomic mass is 16.2. The molecule has 1 N–H and O–H groups in total. The molecule has 1 aliphatic heterocycles. The Labute approximate surface area is 144 Å². The second-order valence-corrected chi connectivity index (χ2v) is 7.04. The van der Waals surface area contributed by atoms with Crippen LogP contribution in [0.2, 0.25) is 0 Å². The summed E-state index contributed by atoms with van der Waals surface area (Å²) in [6, 6.07) is 10.7. The Morgan fingerprint density at radius 1 is 1.33 bits per heavy atom. The molecule has 2 fully saturated rings. The molecule has 0 radical (unpaired) electrons. The van der Waals surface area contributed by atoms with Crippen LogP contribution in [0.4, 0.5) is 0 Å². The van der Waals surface area contributed by atoms with E-state index in [1.807, 2.05) is 42.2 Å². The van der Waals surface area contributed by atoms with Crippen LogP contribution in [0.1, 0.15) is 37.8 Å². The minimum absolute atomic E-state index is 0.00955. The zero-order chi connectivity index (χ0) is 17.1. The average molecular weight is 329 g/mol. The second-order valence-electron chi connectivity index (χ2n) is 7.04. The lowest BCUT2D eigenvalue weighted by Crippen LogP contribution is -2.38. The van der Waals surface area contributed by atoms with E-state index in [-0.39, 0.29) is 23.8 Å². The molecule has 1 saturated carbocycles. The average Bonchev–Trinajstić information content (AvgIpc) is 3.37. The number of carbonyl (C=O) groups is 2. The Bertz CT molecular complexity index is 586. The van der Waals surface area contributed by atoms with Crippen molar-refractivity contribution < 1.29 is 9.59 Å². The minimum Gasteiger partial charge on any atom is -0.355 e. The normalized spacial score (nSPS) is 22.0. The molecule has 2 atom stereocenters. The van der Waals surface area contributed by atoms with E-state index in [2.05, 4.69) is 17.3 Å². The lowest BCUT2D eigenvalue weighted by atomic mass is 10.1. The highest BCUT2D eigenvalue weighted by molar-refractivity contribution is 5.89. The molecule has 130 valence electrons. The number of carbonyl (C=O) groups excluding carboxylic acids is 2. The molecule has 0 aromatic heterocycles. The molecule has 2 aliphatic rings. The maximum absolute atomic E-state index is 12.4. The van der Waals surface area contributed by atoms with Gasteiger partial charge in [0.25, 0.3) is 0 Å². The Morgan fingerprint density at radius 3 is 2.71 bits per heavy atom. The number of hydrogen-bond acceptors (Lipinski definition) is 3. The molecule has 3 rings (SSSR count). The third-order valence-electron chi connectivity index (χ3n) is 5.21. The third kappa shape index (κ3) is 3.96. The van der Waals surface area contributed by atoms with Gasteiger partial charge in [0.2, 0.25) is 11.8 Å². The fourth-order valence-corrected chi connectivity index (χ4v) is 3.39. The number of likely N-dealkylation sites (tertiary alicyclic amines) is 1. The fourth-order valence-electron chi connectivity index (χ4n) is 3.39. The number of rotatable bonds is 7. The Kier molecular flexibility index (Phi) is 5.19. The number of likely N-dealkylation sites (N-methyl/N-ethyl adjacent to an activating group) is 1. The van der Waals surface area contributed by atoms with E-state index in [0.717, 1.165) is 12.1 Å². The quantitative estimate of drug-likeness (QED) is 0.830. The van der Waals surface area contributed by atoms with Gasteiger partial charge < -0.3 is 15.1 Å². The molecule has 2 amide bonds. The van der Waals surface area contributed by atoms with Crippen molar-refractivity contribution >= 4 is 11.8 Å². The fraction of sp³-hybridized carbons (Fsp3) is 0.579. The van der Waals surface area contributed by atoms with Gasteiger partial charge in [-0.05, 0) is 32.4 Å². The van der Waals surface area contributed by atoms with E-state index in [1.54, 1.807) is 0 Å². The lowest BCUT2D eigenvalue weighted by Gasteiger charge is -2.25. The molecule has 0 spiro atoms. The molecule has 0 unspecified atom stereocenters. The smallest absolute Gasteiger partial charge is 0.225 e. The summed E-state index contributed by atoms with van der Waals surface area (Å²) < 4.78 is 0. The van der Waals surface area contributed by atoms with E-state index in [9.17, 15) is 9.59 Å². The summed E-state index contributed by atoms with van der Waals surface area (Å²) in [5.74, 6) is -0.146. The molecule has 0 bridgehead atoms. The lowest BCUT2D eigenvalue weighted by molar-refractivity contribution is -0.130. The summed E-state index contributed by atoms with van der Waals surface area (Å²) in [6.07, 6.45) is 2.86. The van der Waals surface area contributed by atoms with Crippen molar-refractivity contribution in [1.29, 1.82) is 0 Å². The summed E-state index contributed by atoms with van der Waals surface area (Å²) in [5, 5.41) is 3.00. The van der Waals surface area contributed by atoms with Crippen LogP contribution < -0.4 is 5.32 Å². The molecule has 1 aliphatic carbocycles. The van der Waals surface area contributed by atoms with Gasteiger partial charge in [-0.15, -0.1) is 0 Å². The second kappa shape index (κ2) is 7.34. The van der Waals surface area contributed by atoms with Gasteiger partial charge in [-0.2, -0.15) is 0 Å². The first-order chi connectivity index (χ1) is 11.6. The topological polar surface area (TPSA) is 52.7 Å². The molecule has 5 heteroatoms.